The van der Waals surface area contributed by atoms with E-state index < -0.39 is 0 Å². The molecule has 2 heterocycles. The van der Waals surface area contributed by atoms with Crippen molar-refractivity contribution < 1.29 is 4.74 Å². The molecule has 0 saturated carbocycles. The van der Waals surface area contributed by atoms with E-state index in [1.165, 1.54) is 19.4 Å². The molecule has 112 valence electrons. The predicted molar refractivity (Wildman–Crippen MR) is 79.3 cm³/mol. The summed E-state index contributed by atoms with van der Waals surface area (Å²) in [6, 6.07) is 1.17. The summed E-state index contributed by atoms with van der Waals surface area (Å²) < 4.78 is 5.97. The summed E-state index contributed by atoms with van der Waals surface area (Å²) in [5, 5.41) is 0. The molecule has 4 heteroatoms. The third-order valence-corrected chi connectivity index (χ3v) is 4.81. The Kier molecular flexibility index (Phi) is 5.63. The molecular formula is C15H31N3O. The lowest BCUT2D eigenvalue weighted by molar-refractivity contribution is -0.0631. The van der Waals surface area contributed by atoms with Crippen LogP contribution in [0.3, 0.4) is 0 Å². The largest absolute Gasteiger partial charge is 0.374 e. The van der Waals surface area contributed by atoms with E-state index in [0.717, 1.165) is 38.7 Å². The van der Waals surface area contributed by atoms with Gasteiger partial charge in [-0.15, -0.1) is 0 Å². The highest BCUT2D eigenvalue weighted by molar-refractivity contribution is 4.86. The fourth-order valence-corrected chi connectivity index (χ4v) is 3.53. The zero-order chi connectivity index (χ0) is 13.8. The summed E-state index contributed by atoms with van der Waals surface area (Å²) in [5.74, 6) is 0.726. The van der Waals surface area contributed by atoms with Crippen molar-refractivity contribution in [3.8, 4) is 0 Å². The van der Waals surface area contributed by atoms with E-state index in [1.807, 2.05) is 0 Å². The Bertz CT molecular complexity index is 272. The van der Waals surface area contributed by atoms with Crippen LogP contribution in [0.5, 0.6) is 0 Å². The maximum absolute atomic E-state index is 5.97. The van der Waals surface area contributed by atoms with Crippen molar-refractivity contribution in [1.82, 2.24) is 9.80 Å². The summed E-state index contributed by atoms with van der Waals surface area (Å²) in [7, 11) is 0. The van der Waals surface area contributed by atoms with E-state index >= 15 is 0 Å². The van der Waals surface area contributed by atoms with Crippen LogP contribution in [-0.4, -0.2) is 67.3 Å². The fourth-order valence-electron chi connectivity index (χ4n) is 3.53. The van der Waals surface area contributed by atoms with Crippen LogP contribution in [-0.2, 0) is 4.74 Å². The monoisotopic (exact) mass is 269 g/mol. The van der Waals surface area contributed by atoms with Gasteiger partial charge in [0.2, 0.25) is 0 Å². The van der Waals surface area contributed by atoms with E-state index in [1.54, 1.807) is 0 Å². The fraction of sp³-hybridized carbons (Fsp3) is 1.00. The smallest absolute Gasteiger partial charge is 0.0829 e. The molecule has 0 bridgehead atoms. The molecule has 0 radical (unpaired) electrons. The molecule has 3 unspecified atom stereocenters. The van der Waals surface area contributed by atoms with Crippen molar-refractivity contribution in [2.75, 3.05) is 39.3 Å². The van der Waals surface area contributed by atoms with Crippen molar-refractivity contribution in [3.05, 3.63) is 0 Å². The molecule has 4 nitrogen and oxygen atoms in total. The Hall–Kier alpha value is -0.160. The standard InChI is InChI=1S/C15H31N3O/c1-12(2)17-7-8-19-14(10-17)11-18-6-4-5-13(3)15(18)9-16/h12-15H,4-11,16H2,1-3H3. The van der Waals surface area contributed by atoms with Crippen molar-refractivity contribution in [2.45, 2.75) is 51.8 Å². The van der Waals surface area contributed by atoms with Crippen LogP contribution >= 0.6 is 0 Å². The first kappa shape index (κ1) is 15.2. The van der Waals surface area contributed by atoms with Gasteiger partial charge in [0.25, 0.3) is 0 Å². The Morgan fingerprint density at radius 2 is 2.11 bits per heavy atom. The molecule has 0 aromatic rings. The summed E-state index contributed by atoms with van der Waals surface area (Å²) in [6.45, 7) is 12.9. The zero-order valence-electron chi connectivity index (χ0n) is 12.8. The lowest BCUT2D eigenvalue weighted by atomic mass is 9.90. The number of rotatable bonds is 4. The number of morpholine rings is 1. The molecule has 0 aliphatic carbocycles. The molecule has 0 aromatic heterocycles. The number of piperidine rings is 1. The number of ether oxygens (including phenoxy) is 1. The maximum atomic E-state index is 5.97. The molecule has 0 amide bonds. The molecule has 2 fully saturated rings. The van der Waals surface area contributed by atoms with Gasteiger partial charge in [-0.2, -0.15) is 0 Å². The summed E-state index contributed by atoms with van der Waals surface area (Å²) in [6.07, 6.45) is 2.98. The van der Waals surface area contributed by atoms with E-state index in [2.05, 4.69) is 30.6 Å². The van der Waals surface area contributed by atoms with Crippen LogP contribution in [0.15, 0.2) is 0 Å². The summed E-state index contributed by atoms with van der Waals surface area (Å²) >= 11 is 0. The maximum Gasteiger partial charge on any atom is 0.0829 e. The van der Waals surface area contributed by atoms with Crippen LogP contribution in [0, 0.1) is 5.92 Å². The van der Waals surface area contributed by atoms with Crippen LogP contribution in [0.25, 0.3) is 0 Å². The molecule has 3 atom stereocenters. The normalized spacial score (nSPS) is 34.9. The Morgan fingerprint density at radius 1 is 1.32 bits per heavy atom. The molecule has 2 rings (SSSR count). The first-order valence-electron chi connectivity index (χ1n) is 7.91. The highest BCUT2D eigenvalue weighted by Gasteiger charge is 2.31. The minimum absolute atomic E-state index is 0.357. The molecule has 0 spiro atoms. The minimum Gasteiger partial charge on any atom is -0.374 e. The predicted octanol–water partition coefficient (Wildman–Crippen LogP) is 1.15. The average Bonchev–Trinajstić information content (AvgIpc) is 2.39. The first-order chi connectivity index (χ1) is 9.11. The van der Waals surface area contributed by atoms with Gasteiger partial charge < -0.3 is 10.5 Å². The lowest BCUT2D eigenvalue weighted by Crippen LogP contribution is -2.55. The number of nitrogens with two attached hydrogens (primary N) is 1. The molecule has 19 heavy (non-hydrogen) atoms. The highest BCUT2D eigenvalue weighted by atomic mass is 16.5. The minimum atomic E-state index is 0.357. The van der Waals surface area contributed by atoms with Gasteiger partial charge in [-0.25, -0.2) is 0 Å². The van der Waals surface area contributed by atoms with Crippen molar-refractivity contribution in [3.63, 3.8) is 0 Å². The van der Waals surface area contributed by atoms with E-state index in [0.29, 0.717) is 18.2 Å². The molecule has 2 aliphatic heterocycles. The third kappa shape index (κ3) is 3.91. The third-order valence-electron chi connectivity index (χ3n) is 4.81. The quantitative estimate of drug-likeness (QED) is 0.831. The van der Waals surface area contributed by atoms with Crippen molar-refractivity contribution in [2.24, 2.45) is 11.7 Å². The van der Waals surface area contributed by atoms with Gasteiger partial charge in [-0.1, -0.05) is 6.92 Å². The first-order valence-corrected chi connectivity index (χ1v) is 7.91. The van der Waals surface area contributed by atoms with Gasteiger partial charge in [0, 0.05) is 38.3 Å². The van der Waals surface area contributed by atoms with Crippen LogP contribution in [0.4, 0.5) is 0 Å². The van der Waals surface area contributed by atoms with Gasteiger partial charge >= 0.3 is 0 Å². The number of likely N-dealkylation sites (tertiary alicyclic amines) is 1. The average molecular weight is 269 g/mol. The second-order valence-corrected chi connectivity index (χ2v) is 6.50. The lowest BCUT2D eigenvalue weighted by Gasteiger charge is -2.43. The molecular weight excluding hydrogens is 238 g/mol. The van der Waals surface area contributed by atoms with E-state index in [4.69, 9.17) is 10.5 Å². The second-order valence-electron chi connectivity index (χ2n) is 6.50. The molecule has 2 saturated heterocycles. The van der Waals surface area contributed by atoms with Gasteiger partial charge in [-0.05, 0) is 39.2 Å². The zero-order valence-corrected chi connectivity index (χ0v) is 12.8. The summed E-state index contributed by atoms with van der Waals surface area (Å²) in [5.41, 5.74) is 5.97. The SMILES string of the molecule is CC1CCCN(CC2CN(C(C)C)CCO2)C1CN. The van der Waals surface area contributed by atoms with E-state index in [9.17, 15) is 0 Å². The number of nitrogens with zero attached hydrogens (tertiary/aromatic N) is 2. The Morgan fingerprint density at radius 3 is 2.79 bits per heavy atom. The Labute approximate surface area is 118 Å². The molecule has 0 aromatic carbocycles. The molecule has 2 N–H and O–H groups in total. The highest BCUT2D eigenvalue weighted by Crippen LogP contribution is 2.23. The van der Waals surface area contributed by atoms with Gasteiger partial charge in [0.15, 0.2) is 0 Å². The van der Waals surface area contributed by atoms with Crippen LogP contribution in [0.2, 0.25) is 0 Å². The van der Waals surface area contributed by atoms with Gasteiger partial charge in [0.05, 0.1) is 12.7 Å². The van der Waals surface area contributed by atoms with Crippen LogP contribution in [0.1, 0.15) is 33.6 Å². The van der Waals surface area contributed by atoms with Gasteiger partial charge in [-0.3, -0.25) is 9.80 Å². The topological polar surface area (TPSA) is 41.7 Å². The summed E-state index contributed by atoms with van der Waals surface area (Å²) in [4.78, 5) is 5.10. The van der Waals surface area contributed by atoms with Gasteiger partial charge in [0.1, 0.15) is 0 Å². The number of hydrogen-bond acceptors (Lipinski definition) is 4. The molecule has 2 aliphatic rings. The van der Waals surface area contributed by atoms with E-state index in [-0.39, 0.29) is 0 Å². The number of hydrogen-bond donors (Lipinski definition) is 1. The van der Waals surface area contributed by atoms with Crippen molar-refractivity contribution >= 4 is 0 Å². The Balaban J connectivity index is 1.88. The second kappa shape index (κ2) is 7.02. The van der Waals surface area contributed by atoms with Crippen molar-refractivity contribution in [1.29, 1.82) is 0 Å². The van der Waals surface area contributed by atoms with Crippen LogP contribution < -0.4 is 5.73 Å².